The zero-order chi connectivity index (χ0) is 16.0. The minimum absolute atomic E-state index is 0.252. The van der Waals surface area contributed by atoms with Crippen molar-refractivity contribution in [3.8, 4) is 0 Å². The zero-order valence-electron chi connectivity index (χ0n) is 14.6. The molecular formula is C15H33NO3Si. The van der Waals surface area contributed by atoms with Gasteiger partial charge >= 0.3 is 6.09 Å². The monoisotopic (exact) mass is 303 g/mol. The predicted octanol–water partition coefficient (Wildman–Crippen LogP) is 4.31. The van der Waals surface area contributed by atoms with Gasteiger partial charge in [0, 0.05) is 13.2 Å². The van der Waals surface area contributed by atoms with Crippen LogP contribution in [0.1, 0.15) is 54.4 Å². The molecule has 0 spiro atoms. The van der Waals surface area contributed by atoms with Crippen molar-refractivity contribution in [2.75, 3.05) is 13.2 Å². The fraction of sp³-hybridized carbons (Fsp3) is 0.933. The molecule has 0 aromatic heterocycles. The highest BCUT2D eigenvalue weighted by Crippen LogP contribution is 2.36. The topological polar surface area (TPSA) is 47.6 Å². The lowest BCUT2D eigenvalue weighted by Crippen LogP contribution is -2.41. The van der Waals surface area contributed by atoms with E-state index in [9.17, 15) is 4.79 Å². The van der Waals surface area contributed by atoms with E-state index in [1.54, 1.807) is 0 Å². The third kappa shape index (κ3) is 8.58. The summed E-state index contributed by atoms with van der Waals surface area (Å²) in [5.41, 5.74) is -0.435. The molecule has 0 aliphatic rings. The van der Waals surface area contributed by atoms with Crippen molar-refractivity contribution in [2.24, 2.45) is 0 Å². The molecule has 0 aromatic rings. The fourth-order valence-corrected chi connectivity index (χ4v) is 2.36. The molecule has 4 nitrogen and oxygen atoms in total. The van der Waals surface area contributed by atoms with Crippen molar-refractivity contribution in [3.05, 3.63) is 0 Å². The second-order valence-electron chi connectivity index (χ2n) is 7.74. The minimum atomic E-state index is -1.63. The SMILES string of the molecule is CC(C)(C)OC(=O)NCCCCO[Si](C)(C)C(C)(C)C. The molecule has 0 aliphatic heterocycles. The molecule has 0 atom stereocenters. The Bertz CT molecular complexity index is 303. The van der Waals surface area contributed by atoms with Crippen LogP contribution in [-0.4, -0.2) is 33.2 Å². The van der Waals surface area contributed by atoms with Crippen LogP contribution in [0.15, 0.2) is 0 Å². The second-order valence-corrected chi connectivity index (χ2v) is 12.6. The Morgan fingerprint density at radius 3 is 2.05 bits per heavy atom. The molecule has 0 aromatic carbocycles. The Balaban J connectivity index is 3.72. The van der Waals surface area contributed by atoms with Gasteiger partial charge < -0.3 is 14.5 Å². The maximum Gasteiger partial charge on any atom is 0.407 e. The molecule has 1 N–H and O–H groups in total. The minimum Gasteiger partial charge on any atom is -0.444 e. The lowest BCUT2D eigenvalue weighted by molar-refractivity contribution is 0.0526. The molecule has 120 valence electrons. The van der Waals surface area contributed by atoms with E-state index in [2.05, 4.69) is 39.2 Å². The van der Waals surface area contributed by atoms with Crippen LogP contribution in [0.25, 0.3) is 0 Å². The van der Waals surface area contributed by atoms with Crippen molar-refractivity contribution in [1.82, 2.24) is 5.32 Å². The molecule has 0 heterocycles. The molecule has 20 heavy (non-hydrogen) atoms. The van der Waals surface area contributed by atoms with Gasteiger partial charge in [-0.05, 0) is 51.7 Å². The van der Waals surface area contributed by atoms with Crippen LogP contribution in [0.2, 0.25) is 18.1 Å². The van der Waals surface area contributed by atoms with E-state index in [1.165, 1.54) is 0 Å². The van der Waals surface area contributed by atoms with E-state index < -0.39 is 13.9 Å². The van der Waals surface area contributed by atoms with Crippen molar-refractivity contribution in [3.63, 3.8) is 0 Å². The predicted molar refractivity (Wildman–Crippen MR) is 86.6 cm³/mol. The Hall–Kier alpha value is -0.553. The third-order valence-corrected chi connectivity index (χ3v) is 8.05. The summed E-state index contributed by atoms with van der Waals surface area (Å²) in [6.07, 6.45) is 1.53. The van der Waals surface area contributed by atoms with Gasteiger partial charge in [0.25, 0.3) is 0 Å². The Kier molecular flexibility index (Phi) is 7.25. The molecule has 0 radical (unpaired) electrons. The number of rotatable bonds is 6. The average Bonchev–Trinajstić information content (AvgIpc) is 2.18. The molecule has 5 heteroatoms. The maximum atomic E-state index is 11.4. The molecular weight excluding hydrogens is 270 g/mol. The number of alkyl carbamates (subject to hydrolysis) is 1. The van der Waals surface area contributed by atoms with Crippen LogP contribution < -0.4 is 5.32 Å². The summed E-state index contributed by atoms with van der Waals surface area (Å²) in [6, 6.07) is 0. The Morgan fingerprint density at radius 1 is 1.05 bits per heavy atom. The first-order valence-electron chi connectivity index (χ1n) is 7.46. The largest absolute Gasteiger partial charge is 0.444 e. The number of unbranched alkanes of at least 4 members (excludes halogenated alkanes) is 1. The highest BCUT2D eigenvalue weighted by Gasteiger charge is 2.36. The summed E-state index contributed by atoms with van der Waals surface area (Å²) in [4.78, 5) is 11.4. The van der Waals surface area contributed by atoms with Gasteiger partial charge in [-0.3, -0.25) is 0 Å². The summed E-state index contributed by atoms with van der Waals surface area (Å²) in [7, 11) is -1.63. The quantitative estimate of drug-likeness (QED) is 0.587. The first kappa shape index (κ1) is 19.4. The third-order valence-electron chi connectivity index (χ3n) is 3.51. The van der Waals surface area contributed by atoms with Gasteiger partial charge in [-0.25, -0.2) is 4.79 Å². The molecule has 0 saturated heterocycles. The number of amides is 1. The van der Waals surface area contributed by atoms with Gasteiger partial charge in [0.1, 0.15) is 5.60 Å². The van der Waals surface area contributed by atoms with Crippen LogP contribution in [-0.2, 0) is 9.16 Å². The fourth-order valence-electron chi connectivity index (χ4n) is 1.28. The summed E-state index contributed by atoms with van der Waals surface area (Å²) in [6.45, 7) is 18.2. The lowest BCUT2D eigenvalue weighted by Gasteiger charge is -2.36. The van der Waals surface area contributed by atoms with Crippen LogP contribution in [0.3, 0.4) is 0 Å². The first-order chi connectivity index (χ1) is 8.85. The molecule has 0 bridgehead atoms. The number of hydrogen-bond donors (Lipinski definition) is 1. The highest BCUT2D eigenvalue weighted by molar-refractivity contribution is 6.74. The van der Waals surface area contributed by atoms with Crippen LogP contribution in [0.4, 0.5) is 4.79 Å². The van der Waals surface area contributed by atoms with Crippen molar-refractivity contribution in [1.29, 1.82) is 0 Å². The number of carbonyl (C=O) groups excluding carboxylic acids is 1. The van der Waals surface area contributed by atoms with Crippen LogP contribution in [0, 0.1) is 0 Å². The van der Waals surface area contributed by atoms with Crippen molar-refractivity contribution >= 4 is 14.4 Å². The summed E-state index contributed by atoms with van der Waals surface area (Å²) in [5, 5.41) is 3.01. The molecule has 0 aliphatic carbocycles. The summed E-state index contributed by atoms with van der Waals surface area (Å²) in [5.74, 6) is 0. The van der Waals surface area contributed by atoms with E-state index >= 15 is 0 Å². The van der Waals surface area contributed by atoms with Gasteiger partial charge in [0.2, 0.25) is 0 Å². The Labute approximate surface area is 125 Å². The van der Waals surface area contributed by atoms with Gasteiger partial charge in [-0.15, -0.1) is 0 Å². The highest BCUT2D eigenvalue weighted by atomic mass is 28.4. The molecule has 0 fully saturated rings. The number of hydrogen-bond acceptors (Lipinski definition) is 3. The van der Waals surface area contributed by atoms with Crippen molar-refractivity contribution < 1.29 is 14.0 Å². The van der Waals surface area contributed by atoms with Gasteiger partial charge in [-0.1, -0.05) is 20.8 Å². The van der Waals surface area contributed by atoms with E-state index in [0.29, 0.717) is 6.54 Å². The lowest BCUT2D eigenvalue weighted by atomic mass is 10.2. The average molecular weight is 304 g/mol. The van der Waals surface area contributed by atoms with E-state index in [0.717, 1.165) is 19.4 Å². The zero-order valence-corrected chi connectivity index (χ0v) is 15.6. The molecule has 0 unspecified atom stereocenters. The standard InChI is InChI=1S/C15H33NO3Si/c1-14(2,3)19-13(17)16-11-9-10-12-18-20(7,8)15(4,5)6/h9-12H2,1-8H3,(H,16,17). The first-order valence-corrected chi connectivity index (χ1v) is 10.4. The molecule has 0 saturated carbocycles. The number of ether oxygens (including phenoxy) is 1. The van der Waals surface area contributed by atoms with Gasteiger partial charge in [-0.2, -0.15) is 0 Å². The smallest absolute Gasteiger partial charge is 0.407 e. The summed E-state index contributed by atoms with van der Waals surface area (Å²) >= 11 is 0. The number of nitrogens with one attached hydrogen (secondary N) is 1. The Morgan fingerprint density at radius 2 is 1.60 bits per heavy atom. The van der Waals surface area contributed by atoms with E-state index in [1.807, 2.05) is 20.8 Å². The normalized spacial score (nSPS) is 13.2. The van der Waals surface area contributed by atoms with Crippen LogP contribution in [0.5, 0.6) is 0 Å². The van der Waals surface area contributed by atoms with Gasteiger partial charge in [0.15, 0.2) is 8.32 Å². The second kappa shape index (κ2) is 7.45. The summed E-state index contributed by atoms with van der Waals surface area (Å²) < 4.78 is 11.2. The van der Waals surface area contributed by atoms with Crippen LogP contribution >= 0.6 is 0 Å². The molecule has 0 rings (SSSR count). The van der Waals surface area contributed by atoms with Gasteiger partial charge in [0.05, 0.1) is 0 Å². The van der Waals surface area contributed by atoms with E-state index in [4.69, 9.17) is 9.16 Å². The molecule has 1 amide bonds. The van der Waals surface area contributed by atoms with E-state index in [-0.39, 0.29) is 11.1 Å². The maximum absolute atomic E-state index is 11.4. The number of carbonyl (C=O) groups is 1. The van der Waals surface area contributed by atoms with Crippen molar-refractivity contribution in [2.45, 2.75) is 78.1 Å².